The predicted molar refractivity (Wildman–Crippen MR) is 118 cm³/mol. The van der Waals surface area contributed by atoms with Gasteiger partial charge < -0.3 is 20.1 Å². The van der Waals surface area contributed by atoms with Crippen LogP contribution in [0.2, 0.25) is 5.02 Å². The summed E-state index contributed by atoms with van der Waals surface area (Å²) in [6, 6.07) is 10.8. The van der Waals surface area contributed by atoms with Gasteiger partial charge in [0.15, 0.2) is 6.10 Å². The number of halogens is 1. The van der Waals surface area contributed by atoms with E-state index in [1.165, 1.54) is 6.92 Å². The van der Waals surface area contributed by atoms with Gasteiger partial charge in [-0.3, -0.25) is 9.59 Å². The largest absolute Gasteiger partial charge is 0.488 e. The zero-order valence-corrected chi connectivity index (χ0v) is 18.2. The molecule has 0 aromatic heterocycles. The van der Waals surface area contributed by atoms with Crippen molar-refractivity contribution in [3.8, 4) is 5.75 Å². The minimum Gasteiger partial charge on any atom is -0.488 e. The van der Waals surface area contributed by atoms with Crippen molar-refractivity contribution >= 4 is 41.1 Å². The number of carbonyl (C=O) groups excluding carboxylic acids is 3. The normalized spacial score (nSPS) is 13.2. The molecule has 0 radical (unpaired) electrons. The molecule has 8 heteroatoms. The van der Waals surface area contributed by atoms with Gasteiger partial charge in [0.1, 0.15) is 12.4 Å². The van der Waals surface area contributed by atoms with E-state index >= 15 is 0 Å². The lowest BCUT2D eigenvalue weighted by Crippen LogP contribution is -2.40. The van der Waals surface area contributed by atoms with E-state index in [0.29, 0.717) is 22.0 Å². The number of hydrogen-bond acceptors (Lipinski definition) is 5. The van der Waals surface area contributed by atoms with Crippen molar-refractivity contribution in [3.05, 3.63) is 63.7 Å². The molecule has 1 aliphatic heterocycles. The van der Waals surface area contributed by atoms with E-state index in [0.717, 1.165) is 11.1 Å². The van der Waals surface area contributed by atoms with Gasteiger partial charge in [-0.2, -0.15) is 0 Å². The number of esters is 1. The molecule has 2 aromatic carbocycles. The summed E-state index contributed by atoms with van der Waals surface area (Å²) in [7, 11) is 0. The highest BCUT2D eigenvalue weighted by Gasteiger charge is 2.24. The van der Waals surface area contributed by atoms with Crippen LogP contribution in [0.3, 0.4) is 0 Å². The standard InChI is InChI=1S/C23H23ClN2O5/c1-13-5-4-6-14(2)21(13)26-20(27)11-25-22(28)15(3)31-23(29)17-9-16-10-18(24)7-8-19(16)30-12-17/h4-10,15H,11-12H2,1-3H3,(H,25,28)(H,26,27). The molecule has 2 aromatic rings. The number of rotatable bonds is 6. The van der Waals surface area contributed by atoms with Gasteiger partial charge in [-0.1, -0.05) is 29.8 Å². The highest BCUT2D eigenvalue weighted by atomic mass is 35.5. The summed E-state index contributed by atoms with van der Waals surface area (Å²) >= 11 is 5.97. The summed E-state index contributed by atoms with van der Waals surface area (Å²) in [6.07, 6.45) is 0.539. The molecular formula is C23H23ClN2O5. The molecule has 0 aliphatic carbocycles. The number of benzene rings is 2. The highest BCUT2D eigenvalue weighted by molar-refractivity contribution is 6.30. The van der Waals surface area contributed by atoms with Crippen LogP contribution in [0, 0.1) is 13.8 Å². The summed E-state index contributed by atoms with van der Waals surface area (Å²) in [5, 5.41) is 5.77. The van der Waals surface area contributed by atoms with Crippen LogP contribution in [0.4, 0.5) is 5.69 Å². The van der Waals surface area contributed by atoms with Gasteiger partial charge in [-0.05, 0) is 56.2 Å². The molecule has 1 aliphatic rings. The van der Waals surface area contributed by atoms with Crippen LogP contribution in [-0.2, 0) is 19.1 Å². The number of anilines is 1. The Kier molecular flexibility index (Phi) is 6.97. The van der Waals surface area contributed by atoms with Gasteiger partial charge in [-0.15, -0.1) is 0 Å². The summed E-state index contributed by atoms with van der Waals surface area (Å²) in [6.45, 7) is 5.00. The Morgan fingerprint density at radius 2 is 1.87 bits per heavy atom. The van der Waals surface area contributed by atoms with Gasteiger partial charge in [0.2, 0.25) is 5.91 Å². The zero-order chi connectivity index (χ0) is 22.5. The van der Waals surface area contributed by atoms with Gasteiger partial charge in [0.25, 0.3) is 5.91 Å². The monoisotopic (exact) mass is 442 g/mol. The lowest BCUT2D eigenvalue weighted by atomic mass is 10.1. The molecular weight excluding hydrogens is 420 g/mol. The summed E-state index contributed by atoms with van der Waals surface area (Å²) < 4.78 is 10.7. The maximum atomic E-state index is 12.4. The van der Waals surface area contributed by atoms with Crippen LogP contribution >= 0.6 is 11.6 Å². The molecule has 0 bridgehead atoms. The lowest BCUT2D eigenvalue weighted by molar-refractivity contribution is -0.151. The first kappa shape index (κ1) is 22.4. The lowest BCUT2D eigenvalue weighted by Gasteiger charge is -2.19. The first-order valence-corrected chi connectivity index (χ1v) is 10.1. The molecule has 2 amide bonds. The van der Waals surface area contributed by atoms with Gasteiger partial charge >= 0.3 is 5.97 Å². The summed E-state index contributed by atoms with van der Waals surface area (Å²) in [5.41, 5.74) is 3.49. The van der Waals surface area contributed by atoms with Gasteiger partial charge in [0, 0.05) is 16.3 Å². The van der Waals surface area contributed by atoms with Crippen LogP contribution in [0.1, 0.15) is 23.6 Å². The number of hydrogen-bond donors (Lipinski definition) is 2. The second-order valence-corrected chi connectivity index (χ2v) is 7.66. The van der Waals surface area contributed by atoms with E-state index in [1.807, 2.05) is 32.0 Å². The molecule has 3 rings (SSSR count). The van der Waals surface area contributed by atoms with Crippen molar-refractivity contribution in [2.75, 3.05) is 18.5 Å². The minimum absolute atomic E-state index is 0.0278. The third kappa shape index (κ3) is 5.64. The average molecular weight is 443 g/mol. The number of fused-ring (bicyclic) bond motifs is 1. The van der Waals surface area contributed by atoms with E-state index in [1.54, 1.807) is 24.3 Å². The number of ether oxygens (including phenoxy) is 2. The molecule has 1 heterocycles. The molecule has 2 N–H and O–H groups in total. The first-order chi connectivity index (χ1) is 14.7. The third-order valence-electron chi connectivity index (χ3n) is 4.77. The Morgan fingerprint density at radius 3 is 2.58 bits per heavy atom. The number of amides is 2. The molecule has 31 heavy (non-hydrogen) atoms. The molecule has 7 nitrogen and oxygen atoms in total. The van der Waals surface area contributed by atoms with Crippen molar-refractivity contribution < 1.29 is 23.9 Å². The number of aryl methyl sites for hydroxylation is 2. The molecule has 0 saturated carbocycles. The minimum atomic E-state index is -1.08. The van der Waals surface area contributed by atoms with Gasteiger partial charge in [-0.25, -0.2) is 4.79 Å². The molecule has 0 fully saturated rings. The van der Waals surface area contributed by atoms with Crippen LogP contribution in [-0.4, -0.2) is 37.0 Å². The third-order valence-corrected chi connectivity index (χ3v) is 5.00. The number of carbonyl (C=O) groups is 3. The van der Waals surface area contributed by atoms with E-state index in [2.05, 4.69) is 10.6 Å². The van der Waals surface area contributed by atoms with Crippen LogP contribution < -0.4 is 15.4 Å². The first-order valence-electron chi connectivity index (χ1n) is 9.72. The van der Waals surface area contributed by atoms with E-state index < -0.39 is 18.0 Å². The van der Waals surface area contributed by atoms with Crippen LogP contribution in [0.15, 0.2) is 42.0 Å². The van der Waals surface area contributed by atoms with Crippen molar-refractivity contribution in [1.29, 1.82) is 0 Å². The summed E-state index contributed by atoms with van der Waals surface area (Å²) in [5.74, 6) is -1.01. The van der Waals surface area contributed by atoms with E-state index in [-0.39, 0.29) is 24.6 Å². The molecule has 162 valence electrons. The van der Waals surface area contributed by atoms with Crippen LogP contribution in [0.25, 0.3) is 6.08 Å². The maximum Gasteiger partial charge on any atom is 0.338 e. The van der Waals surface area contributed by atoms with Crippen molar-refractivity contribution in [2.24, 2.45) is 0 Å². The van der Waals surface area contributed by atoms with Crippen molar-refractivity contribution in [3.63, 3.8) is 0 Å². The Labute approximate surface area is 185 Å². The maximum absolute atomic E-state index is 12.4. The second kappa shape index (κ2) is 9.66. The van der Waals surface area contributed by atoms with Crippen molar-refractivity contribution in [1.82, 2.24) is 5.32 Å². The van der Waals surface area contributed by atoms with Gasteiger partial charge in [0.05, 0.1) is 12.1 Å². The Balaban J connectivity index is 1.52. The summed E-state index contributed by atoms with van der Waals surface area (Å²) in [4.78, 5) is 36.8. The van der Waals surface area contributed by atoms with E-state index in [9.17, 15) is 14.4 Å². The number of para-hydroxylation sites is 1. The Morgan fingerprint density at radius 1 is 1.16 bits per heavy atom. The fourth-order valence-electron chi connectivity index (χ4n) is 3.06. The van der Waals surface area contributed by atoms with Crippen LogP contribution in [0.5, 0.6) is 5.75 Å². The SMILES string of the molecule is Cc1cccc(C)c1NC(=O)CNC(=O)C(C)OC(=O)C1=Cc2cc(Cl)ccc2OC1. The molecule has 0 saturated heterocycles. The predicted octanol–water partition coefficient (Wildman–Crippen LogP) is 3.42. The second-order valence-electron chi connectivity index (χ2n) is 7.22. The zero-order valence-electron chi connectivity index (χ0n) is 17.5. The topological polar surface area (TPSA) is 93.7 Å². The van der Waals surface area contributed by atoms with E-state index in [4.69, 9.17) is 21.1 Å². The highest BCUT2D eigenvalue weighted by Crippen LogP contribution is 2.29. The Hall–Kier alpha value is -3.32. The Bertz CT molecular complexity index is 1040. The fourth-order valence-corrected chi connectivity index (χ4v) is 3.24. The van der Waals surface area contributed by atoms with Crippen molar-refractivity contribution in [2.45, 2.75) is 26.9 Å². The molecule has 0 spiro atoms. The smallest absolute Gasteiger partial charge is 0.338 e. The number of nitrogens with one attached hydrogen (secondary N) is 2. The quantitative estimate of drug-likeness (QED) is 0.668. The molecule has 1 unspecified atom stereocenters. The molecule has 1 atom stereocenters. The average Bonchev–Trinajstić information content (AvgIpc) is 2.74. The fraction of sp³-hybridized carbons (Fsp3) is 0.261.